The minimum Gasteiger partial charge on any atom is -0.422 e. The molecule has 0 saturated carbocycles. The van der Waals surface area contributed by atoms with Crippen LogP contribution in [0.3, 0.4) is 0 Å². The van der Waals surface area contributed by atoms with Crippen molar-refractivity contribution in [1.82, 2.24) is 10.3 Å². The molecule has 6 nitrogen and oxygen atoms in total. The third-order valence-corrected chi connectivity index (χ3v) is 4.40. The van der Waals surface area contributed by atoms with E-state index in [-0.39, 0.29) is 17.7 Å². The van der Waals surface area contributed by atoms with Crippen molar-refractivity contribution in [2.45, 2.75) is 13.5 Å². The fourth-order valence-corrected chi connectivity index (χ4v) is 2.99. The molecule has 0 saturated heterocycles. The molecule has 0 unspecified atom stereocenters. The number of aromatic amines is 1. The lowest BCUT2D eigenvalue weighted by molar-refractivity contribution is 0.0947. The summed E-state index contributed by atoms with van der Waals surface area (Å²) in [5, 5.41) is 4.15. The third-order valence-electron chi connectivity index (χ3n) is 4.40. The van der Waals surface area contributed by atoms with Crippen LogP contribution in [0.4, 0.5) is 0 Å². The van der Waals surface area contributed by atoms with Crippen LogP contribution >= 0.6 is 0 Å². The molecule has 0 atom stereocenters. The molecule has 2 aromatic carbocycles. The maximum absolute atomic E-state index is 12.4. The molecule has 4 aromatic rings. The van der Waals surface area contributed by atoms with Crippen LogP contribution in [0, 0.1) is 6.92 Å². The van der Waals surface area contributed by atoms with Crippen molar-refractivity contribution in [3.8, 4) is 0 Å². The number of rotatable bonds is 3. The molecule has 0 radical (unpaired) electrons. The van der Waals surface area contributed by atoms with E-state index in [1.165, 1.54) is 6.07 Å². The third kappa shape index (κ3) is 3.25. The number of pyridine rings is 1. The molecule has 1 amide bonds. The Kier molecular flexibility index (Phi) is 4.08. The van der Waals surface area contributed by atoms with Gasteiger partial charge >= 0.3 is 5.63 Å². The van der Waals surface area contributed by atoms with E-state index in [2.05, 4.69) is 10.3 Å². The van der Waals surface area contributed by atoms with Crippen LogP contribution in [0.25, 0.3) is 21.9 Å². The van der Waals surface area contributed by atoms with Gasteiger partial charge < -0.3 is 14.7 Å². The van der Waals surface area contributed by atoms with Crippen LogP contribution in [-0.2, 0) is 6.54 Å². The topological polar surface area (TPSA) is 92.2 Å². The highest BCUT2D eigenvalue weighted by molar-refractivity contribution is 5.96. The summed E-state index contributed by atoms with van der Waals surface area (Å²) in [7, 11) is 0. The molecule has 2 N–H and O–H groups in total. The van der Waals surface area contributed by atoms with Gasteiger partial charge in [-0.1, -0.05) is 29.8 Å². The van der Waals surface area contributed by atoms with Crippen molar-refractivity contribution in [3.05, 3.63) is 92.1 Å². The van der Waals surface area contributed by atoms with Crippen LogP contribution in [-0.4, -0.2) is 10.9 Å². The van der Waals surface area contributed by atoms with Gasteiger partial charge in [-0.25, -0.2) is 4.79 Å². The number of fused-ring (bicyclic) bond motifs is 2. The minimum absolute atomic E-state index is 0.00428. The largest absolute Gasteiger partial charge is 0.422 e. The summed E-state index contributed by atoms with van der Waals surface area (Å²) in [6.45, 7) is 1.97. The van der Waals surface area contributed by atoms with Gasteiger partial charge in [-0.3, -0.25) is 9.59 Å². The lowest BCUT2D eigenvalue weighted by Gasteiger charge is -2.07. The molecule has 2 aromatic heterocycles. The predicted octanol–water partition coefficient (Wildman–Crippen LogP) is 2.87. The first-order valence-electron chi connectivity index (χ1n) is 8.45. The summed E-state index contributed by atoms with van der Waals surface area (Å²) >= 11 is 0. The van der Waals surface area contributed by atoms with Gasteiger partial charge in [0, 0.05) is 23.0 Å². The summed E-state index contributed by atoms with van der Waals surface area (Å²) in [5.41, 5.74) is 1.54. The van der Waals surface area contributed by atoms with Crippen molar-refractivity contribution in [3.63, 3.8) is 0 Å². The Labute approximate surface area is 153 Å². The highest BCUT2D eigenvalue weighted by atomic mass is 16.4. The SMILES string of the molecule is Cc1ccc2[nH]c(=O)c(CNC(=O)c3cc4ccccc4oc3=O)cc2c1. The van der Waals surface area contributed by atoms with Crippen molar-refractivity contribution < 1.29 is 9.21 Å². The van der Waals surface area contributed by atoms with E-state index in [0.717, 1.165) is 16.5 Å². The molecule has 2 heterocycles. The average Bonchev–Trinajstić information content (AvgIpc) is 2.66. The number of amides is 1. The fourth-order valence-electron chi connectivity index (χ4n) is 2.99. The summed E-state index contributed by atoms with van der Waals surface area (Å²) in [6, 6.07) is 15.9. The molecule has 0 aliphatic carbocycles. The normalized spacial score (nSPS) is 11.0. The number of H-pyrrole nitrogens is 1. The van der Waals surface area contributed by atoms with Gasteiger partial charge in [0.05, 0.1) is 0 Å². The van der Waals surface area contributed by atoms with E-state index in [4.69, 9.17) is 4.42 Å². The predicted molar refractivity (Wildman–Crippen MR) is 103 cm³/mol. The summed E-state index contributed by atoms with van der Waals surface area (Å²) < 4.78 is 5.18. The molecule has 0 spiro atoms. The number of nitrogens with one attached hydrogen (secondary N) is 2. The van der Waals surface area contributed by atoms with Crippen molar-refractivity contribution >= 4 is 27.8 Å². The van der Waals surface area contributed by atoms with Gasteiger partial charge in [0.1, 0.15) is 11.1 Å². The maximum Gasteiger partial charge on any atom is 0.349 e. The Bertz CT molecular complexity index is 1300. The van der Waals surface area contributed by atoms with E-state index >= 15 is 0 Å². The quantitative estimate of drug-likeness (QED) is 0.550. The molecule has 27 heavy (non-hydrogen) atoms. The lowest BCUT2D eigenvalue weighted by Crippen LogP contribution is -2.30. The number of hydrogen-bond acceptors (Lipinski definition) is 4. The van der Waals surface area contributed by atoms with E-state index < -0.39 is 11.5 Å². The van der Waals surface area contributed by atoms with E-state index in [0.29, 0.717) is 16.5 Å². The van der Waals surface area contributed by atoms with E-state index in [1.54, 1.807) is 30.3 Å². The zero-order valence-corrected chi connectivity index (χ0v) is 14.5. The molecular formula is C21H16N2O4. The Morgan fingerprint density at radius 3 is 2.70 bits per heavy atom. The first-order valence-corrected chi connectivity index (χ1v) is 8.45. The standard InChI is InChI=1S/C21H16N2O4/c1-12-6-7-17-14(8-12)9-15(19(24)23-17)11-22-20(25)16-10-13-4-2-3-5-18(13)27-21(16)26/h2-10H,11H2,1H3,(H,22,25)(H,23,24). The fraction of sp³-hybridized carbons (Fsp3) is 0.0952. The van der Waals surface area contributed by atoms with Crippen molar-refractivity contribution in [2.75, 3.05) is 0 Å². The van der Waals surface area contributed by atoms with Gasteiger partial charge in [-0.15, -0.1) is 0 Å². The highest BCUT2D eigenvalue weighted by Crippen LogP contribution is 2.14. The second kappa shape index (κ2) is 6.57. The van der Waals surface area contributed by atoms with E-state index in [9.17, 15) is 14.4 Å². The van der Waals surface area contributed by atoms with Gasteiger partial charge in [0.25, 0.3) is 11.5 Å². The van der Waals surface area contributed by atoms with Crippen LogP contribution < -0.4 is 16.5 Å². The molecule has 4 rings (SSSR count). The number of para-hydroxylation sites is 1. The molecule has 0 bridgehead atoms. The number of benzene rings is 2. The second-order valence-electron chi connectivity index (χ2n) is 6.38. The first kappa shape index (κ1) is 16.8. The van der Waals surface area contributed by atoms with Crippen molar-refractivity contribution in [1.29, 1.82) is 0 Å². The summed E-state index contributed by atoms with van der Waals surface area (Å²) in [6.07, 6.45) is 0. The first-order chi connectivity index (χ1) is 13.0. The van der Waals surface area contributed by atoms with E-state index in [1.807, 2.05) is 25.1 Å². The maximum atomic E-state index is 12.4. The summed E-state index contributed by atoms with van der Waals surface area (Å²) in [4.78, 5) is 39.5. The van der Waals surface area contributed by atoms with Crippen molar-refractivity contribution in [2.24, 2.45) is 0 Å². The van der Waals surface area contributed by atoms with Gasteiger partial charge in [0.15, 0.2) is 0 Å². The minimum atomic E-state index is -0.714. The number of aromatic nitrogens is 1. The Hall–Kier alpha value is -3.67. The average molecular weight is 360 g/mol. The van der Waals surface area contributed by atoms with Gasteiger partial charge in [-0.2, -0.15) is 0 Å². The number of aryl methyl sites for hydroxylation is 1. The Morgan fingerprint density at radius 1 is 1.04 bits per heavy atom. The Balaban J connectivity index is 1.62. The number of hydrogen-bond donors (Lipinski definition) is 2. The van der Waals surface area contributed by atoms with Gasteiger partial charge in [-0.05, 0) is 42.6 Å². The lowest BCUT2D eigenvalue weighted by atomic mass is 10.1. The zero-order valence-electron chi connectivity index (χ0n) is 14.5. The number of carbonyl (C=O) groups is 1. The van der Waals surface area contributed by atoms with Crippen LogP contribution in [0.2, 0.25) is 0 Å². The number of carbonyl (C=O) groups excluding carboxylic acids is 1. The van der Waals surface area contributed by atoms with Gasteiger partial charge in [0.2, 0.25) is 0 Å². The monoisotopic (exact) mass is 360 g/mol. The molecule has 0 fully saturated rings. The smallest absolute Gasteiger partial charge is 0.349 e. The molecular weight excluding hydrogens is 344 g/mol. The van der Waals surface area contributed by atoms with Crippen LogP contribution in [0.1, 0.15) is 21.5 Å². The van der Waals surface area contributed by atoms with Crippen LogP contribution in [0.15, 0.2) is 68.6 Å². The highest BCUT2D eigenvalue weighted by Gasteiger charge is 2.14. The molecule has 134 valence electrons. The zero-order chi connectivity index (χ0) is 19.0. The van der Waals surface area contributed by atoms with Crippen LogP contribution in [0.5, 0.6) is 0 Å². The summed E-state index contributed by atoms with van der Waals surface area (Å²) in [5.74, 6) is -0.585. The second-order valence-corrected chi connectivity index (χ2v) is 6.38. The molecule has 0 aliphatic heterocycles. The molecule has 6 heteroatoms. The molecule has 0 aliphatic rings. The Morgan fingerprint density at radius 2 is 1.85 bits per heavy atom.